The molecule has 0 bridgehead atoms. The third-order valence-corrected chi connectivity index (χ3v) is 3.04. The Labute approximate surface area is 104 Å². The number of carbonyl (C=O) groups excluding carboxylic acids is 1. The Bertz CT molecular complexity index is 453. The molecule has 2 rings (SSSR count). The van der Waals surface area contributed by atoms with Gasteiger partial charge in [0, 0.05) is 25.7 Å². The molecule has 7 heteroatoms. The smallest absolute Gasteiger partial charge is 0.287 e. The minimum atomic E-state index is -0.512. The molecule has 1 aromatic rings. The van der Waals surface area contributed by atoms with Crippen LogP contribution >= 0.6 is 0 Å². The Balaban J connectivity index is 2.13. The Morgan fingerprint density at radius 2 is 2.33 bits per heavy atom. The van der Waals surface area contributed by atoms with E-state index in [1.165, 1.54) is 12.3 Å². The fourth-order valence-electron chi connectivity index (χ4n) is 1.95. The number of nitro groups is 1. The average Bonchev–Trinajstić information content (AvgIpc) is 2.74. The number of hydrogen-bond acceptors (Lipinski definition) is 4. The van der Waals surface area contributed by atoms with E-state index in [9.17, 15) is 14.9 Å². The molecule has 0 aromatic carbocycles. The van der Waals surface area contributed by atoms with Gasteiger partial charge in [-0.2, -0.15) is 0 Å². The number of aromatic nitrogens is 1. The second-order valence-electron chi connectivity index (χ2n) is 4.34. The first kappa shape index (κ1) is 12.6. The predicted molar refractivity (Wildman–Crippen MR) is 65.4 cm³/mol. The molecule has 98 valence electrons. The predicted octanol–water partition coefficient (Wildman–Crippen LogP) is 0.747. The molecule has 1 aliphatic heterocycles. The maximum Gasteiger partial charge on any atom is 0.287 e. The lowest BCUT2D eigenvalue weighted by Crippen LogP contribution is -2.59. The van der Waals surface area contributed by atoms with E-state index in [-0.39, 0.29) is 23.3 Å². The SMILES string of the molecule is CCCN(C(=O)c1cc([N+](=O)[O-])c[nH]1)C1CNC1. The summed E-state index contributed by atoms with van der Waals surface area (Å²) in [6.45, 7) is 4.24. The van der Waals surface area contributed by atoms with Crippen molar-refractivity contribution < 1.29 is 9.72 Å². The number of hydrogen-bond donors (Lipinski definition) is 2. The van der Waals surface area contributed by atoms with Crippen molar-refractivity contribution >= 4 is 11.6 Å². The van der Waals surface area contributed by atoms with Gasteiger partial charge in [0.15, 0.2) is 0 Å². The number of nitrogens with zero attached hydrogens (tertiary/aromatic N) is 2. The lowest BCUT2D eigenvalue weighted by Gasteiger charge is -2.37. The summed E-state index contributed by atoms with van der Waals surface area (Å²) < 4.78 is 0. The maximum atomic E-state index is 12.2. The summed E-state index contributed by atoms with van der Waals surface area (Å²) in [5.41, 5.74) is 0.198. The van der Waals surface area contributed by atoms with Crippen LogP contribution in [0.4, 0.5) is 5.69 Å². The highest BCUT2D eigenvalue weighted by Crippen LogP contribution is 2.16. The molecule has 0 aliphatic carbocycles. The number of aromatic amines is 1. The molecule has 7 nitrogen and oxygen atoms in total. The van der Waals surface area contributed by atoms with Crippen LogP contribution in [-0.2, 0) is 0 Å². The quantitative estimate of drug-likeness (QED) is 0.597. The van der Waals surface area contributed by atoms with Gasteiger partial charge in [-0.25, -0.2) is 0 Å². The molecule has 1 saturated heterocycles. The number of amides is 1. The van der Waals surface area contributed by atoms with Crippen molar-refractivity contribution in [2.45, 2.75) is 19.4 Å². The summed E-state index contributed by atoms with van der Waals surface area (Å²) in [5.74, 6) is -0.170. The summed E-state index contributed by atoms with van der Waals surface area (Å²) in [7, 11) is 0. The van der Waals surface area contributed by atoms with Crippen molar-refractivity contribution in [1.82, 2.24) is 15.2 Å². The van der Waals surface area contributed by atoms with Gasteiger partial charge >= 0.3 is 0 Å². The van der Waals surface area contributed by atoms with Gasteiger partial charge in [-0.3, -0.25) is 14.9 Å². The molecule has 0 spiro atoms. The van der Waals surface area contributed by atoms with Crippen molar-refractivity contribution in [2.24, 2.45) is 0 Å². The van der Waals surface area contributed by atoms with Crippen LogP contribution in [0.5, 0.6) is 0 Å². The molecule has 0 atom stereocenters. The minimum absolute atomic E-state index is 0.0819. The zero-order valence-electron chi connectivity index (χ0n) is 10.2. The molecule has 1 amide bonds. The van der Waals surface area contributed by atoms with E-state index in [4.69, 9.17) is 0 Å². The van der Waals surface area contributed by atoms with E-state index in [0.717, 1.165) is 19.5 Å². The summed E-state index contributed by atoms with van der Waals surface area (Å²) in [6, 6.07) is 1.48. The first-order valence-electron chi connectivity index (χ1n) is 5.98. The topological polar surface area (TPSA) is 91.3 Å². The number of rotatable bonds is 5. The van der Waals surface area contributed by atoms with Crippen LogP contribution in [0.3, 0.4) is 0 Å². The molecule has 0 saturated carbocycles. The molecular formula is C11H16N4O3. The summed E-state index contributed by atoms with van der Waals surface area (Å²) in [4.78, 5) is 26.8. The third kappa shape index (κ3) is 2.35. The molecular weight excluding hydrogens is 236 g/mol. The van der Waals surface area contributed by atoms with E-state index >= 15 is 0 Å². The second kappa shape index (κ2) is 5.18. The molecule has 0 radical (unpaired) electrons. The highest BCUT2D eigenvalue weighted by atomic mass is 16.6. The van der Waals surface area contributed by atoms with E-state index in [2.05, 4.69) is 10.3 Å². The Hall–Kier alpha value is -1.89. The first-order valence-corrected chi connectivity index (χ1v) is 5.98. The number of H-pyrrole nitrogens is 1. The Morgan fingerprint density at radius 1 is 1.61 bits per heavy atom. The van der Waals surface area contributed by atoms with Gasteiger partial charge in [-0.1, -0.05) is 6.92 Å². The zero-order chi connectivity index (χ0) is 13.1. The Morgan fingerprint density at radius 3 is 2.78 bits per heavy atom. The van der Waals surface area contributed by atoms with Crippen molar-refractivity contribution in [1.29, 1.82) is 0 Å². The zero-order valence-corrected chi connectivity index (χ0v) is 10.2. The summed E-state index contributed by atoms with van der Waals surface area (Å²) in [5, 5.41) is 13.7. The van der Waals surface area contributed by atoms with Crippen LogP contribution in [0.15, 0.2) is 12.3 Å². The lowest BCUT2D eigenvalue weighted by atomic mass is 10.1. The van der Waals surface area contributed by atoms with E-state index in [0.29, 0.717) is 6.54 Å². The van der Waals surface area contributed by atoms with Gasteiger partial charge in [-0.05, 0) is 6.42 Å². The average molecular weight is 252 g/mol. The first-order chi connectivity index (χ1) is 8.63. The van der Waals surface area contributed by atoms with Crippen LogP contribution < -0.4 is 5.32 Å². The van der Waals surface area contributed by atoms with Gasteiger partial charge in [0.2, 0.25) is 0 Å². The number of nitrogens with one attached hydrogen (secondary N) is 2. The molecule has 2 N–H and O–H groups in total. The molecule has 1 aromatic heterocycles. The van der Waals surface area contributed by atoms with E-state index in [1.54, 1.807) is 4.90 Å². The molecule has 0 unspecified atom stereocenters. The van der Waals surface area contributed by atoms with Crippen molar-refractivity contribution in [3.8, 4) is 0 Å². The minimum Gasteiger partial charge on any atom is -0.351 e. The van der Waals surface area contributed by atoms with E-state index in [1.807, 2.05) is 6.92 Å². The molecule has 2 heterocycles. The molecule has 1 fully saturated rings. The summed E-state index contributed by atoms with van der Waals surface area (Å²) >= 11 is 0. The van der Waals surface area contributed by atoms with Crippen molar-refractivity contribution in [3.05, 3.63) is 28.1 Å². The monoisotopic (exact) mass is 252 g/mol. The van der Waals surface area contributed by atoms with Crippen LogP contribution in [0.1, 0.15) is 23.8 Å². The van der Waals surface area contributed by atoms with Crippen molar-refractivity contribution in [3.63, 3.8) is 0 Å². The lowest BCUT2D eigenvalue weighted by molar-refractivity contribution is -0.384. The number of carbonyl (C=O) groups is 1. The second-order valence-corrected chi connectivity index (χ2v) is 4.34. The highest BCUT2D eigenvalue weighted by molar-refractivity contribution is 5.93. The largest absolute Gasteiger partial charge is 0.351 e. The maximum absolute atomic E-state index is 12.2. The Kier molecular flexibility index (Phi) is 3.61. The standard InChI is InChI=1S/C11H16N4O3/c1-2-3-14(9-5-12-6-9)11(16)10-4-8(7-13-10)15(17)18/h4,7,9,12-13H,2-3,5-6H2,1H3. The third-order valence-electron chi connectivity index (χ3n) is 3.04. The van der Waals surface area contributed by atoms with E-state index < -0.39 is 4.92 Å². The molecule has 1 aliphatic rings. The van der Waals surface area contributed by atoms with Gasteiger partial charge in [0.25, 0.3) is 11.6 Å². The van der Waals surface area contributed by atoms with Crippen molar-refractivity contribution in [2.75, 3.05) is 19.6 Å². The van der Waals surface area contributed by atoms with Crippen LogP contribution in [0.25, 0.3) is 0 Å². The van der Waals surface area contributed by atoms with Gasteiger partial charge in [0.05, 0.1) is 17.2 Å². The van der Waals surface area contributed by atoms with Gasteiger partial charge in [-0.15, -0.1) is 0 Å². The normalized spacial score (nSPS) is 15.2. The van der Waals surface area contributed by atoms with Crippen LogP contribution in [0.2, 0.25) is 0 Å². The van der Waals surface area contributed by atoms with Gasteiger partial charge in [0.1, 0.15) is 5.69 Å². The van der Waals surface area contributed by atoms with Crippen LogP contribution in [0, 0.1) is 10.1 Å². The fourth-order valence-corrected chi connectivity index (χ4v) is 1.95. The fraction of sp³-hybridized carbons (Fsp3) is 0.545. The highest BCUT2D eigenvalue weighted by Gasteiger charge is 2.29. The van der Waals surface area contributed by atoms with Gasteiger partial charge < -0.3 is 15.2 Å². The van der Waals surface area contributed by atoms with Crippen LogP contribution in [-0.4, -0.2) is 46.4 Å². The molecule has 18 heavy (non-hydrogen) atoms. The summed E-state index contributed by atoms with van der Waals surface area (Å²) in [6.07, 6.45) is 2.11.